The van der Waals surface area contributed by atoms with E-state index >= 15 is 0 Å². The Labute approximate surface area is 115 Å². The minimum atomic E-state index is -0.736. The van der Waals surface area contributed by atoms with Crippen molar-refractivity contribution in [2.45, 2.75) is 12.8 Å². The third-order valence-electron chi connectivity index (χ3n) is 3.23. The van der Waals surface area contributed by atoms with Crippen molar-refractivity contribution in [3.05, 3.63) is 0 Å². The lowest BCUT2D eigenvalue weighted by Gasteiger charge is -2.20. The van der Waals surface area contributed by atoms with Gasteiger partial charge in [0.05, 0.1) is 19.8 Å². The smallest absolute Gasteiger partial charge is 0.317 e. The van der Waals surface area contributed by atoms with Gasteiger partial charge in [-0.1, -0.05) is 0 Å². The van der Waals surface area contributed by atoms with Crippen molar-refractivity contribution in [3.63, 3.8) is 0 Å². The number of carboxylic acids is 1. The Kier molecular flexibility index (Phi) is 8.73. The lowest BCUT2D eigenvalue weighted by atomic mass is 10.3. The first kappa shape index (κ1) is 16.4. The fourth-order valence-corrected chi connectivity index (χ4v) is 2.23. The van der Waals surface area contributed by atoms with Crippen LogP contribution in [-0.2, 0) is 14.3 Å². The Morgan fingerprint density at radius 2 is 1.84 bits per heavy atom. The van der Waals surface area contributed by atoms with Crippen molar-refractivity contribution in [1.29, 1.82) is 0 Å². The van der Waals surface area contributed by atoms with Gasteiger partial charge in [-0.3, -0.25) is 9.69 Å². The van der Waals surface area contributed by atoms with E-state index in [4.69, 9.17) is 14.6 Å². The highest BCUT2D eigenvalue weighted by molar-refractivity contribution is 5.69. The second kappa shape index (κ2) is 10.1. The summed E-state index contributed by atoms with van der Waals surface area (Å²) < 4.78 is 10.3. The van der Waals surface area contributed by atoms with Gasteiger partial charge in [0.25, 0.3) is 0 Å². The minimum absolute atomic E-state index is 0.161. The first-order valence-electron chi connectivity index (χ1n) is 6.95. The Bertz CT molecular complexity index is 251. The first-order valence-corrected chi connectivity index (χ1v) is 6.95. The third kappa shape index (κ3) is 8.15. The van der Waals surface area contributed by atoms with Crippen LogP contribution in [0.5, 0.6) is 0 Å². The highest BCUT2D eigenvalue weighted by atomic mass is 16.5. The predicted octanol–water partition coefficient (Wildman–Crippen LogP) is 0.132. The topological polar surface area (TPSA) is 62.2 Å². The fourth-order valence-electron chi connectivity index (χ4n) is 2.23. The van der Waals surface area contributed by atoms with E-state index < -0.39 is 5.97 Å². The van der Waals surface area contributed by atoms with Gasteiger partial charge in [-0.15, -0.1) is 0 Å². The van der Waals surface area contributed by atoms with Gasteiger partial charge in [-0.2, -0.15) is 0 Å². The average Bonchev–Trinajstić information content (AvgIpc) is 2.59. The van der Waals surface area contributed by atoms with Gasteiger partial charge in [0.2, 0.25) is 0 Å². The standard InChI is InChI=1S/C13H26N2O4/c1-18-10-11-19-9-3-6-14-4-2-5-15(8-7-14)12-13(16)17/h2-12H2,1H3,(H,16,17). The van der Waals surface area contributed by atoms with Crippen LogP contribution < -0.4 is 0 Å². The molecule has 0 saturated carbocycles. The maximum Gasteiger partial charge on any atom is 0.317 e. The summed E-state index contributed by atoms with van der Waals surface area (Å²) in [7, 11) is 1.67. The van der Waals surface area contributed by atoms with Crippen LogP contribution in [0.3, 0.4) is 0 Å². The Morgan fingerprint density at radius 1 is 1.11 bits per heavy atom. The molecule has 1 aliphatic rings. The molecule has 1 saturated heterocycles. The van der Waals surface area contributed by atoms with Gasteiger partial charge >= 0.3 is 5.97 Å². The fraction of sp³-hybridized carbons (Fsp3) is 0.923. The Balaban J connectivity index is 2.07. The minimum Gasteiger partial charge on any atom is -0.480 e. The summed E-state index contributed by atoms with van der Waals surface area (Å²) in [4.78, 5) is 15.1. The number of ether oxygens (including phenoxy) is 2. The molecule has 0 amide bonds. The molecule has 0 aromatic heterocycles. The van der Waals surface area contributed by atoms with E-state index in [9.17, 15) is 4.79 Å². The van der Waals surface area contributed by atoms with E-state index in [1.807, 2.05) is 4.90 Å². The molecule has 0 unspecified atom stereocenters. The molecule has 1 heterocycles. The van der Waals surface area contributed by atoms with Gasteiger partial charge < -0.3 is 19.5 Å². The van der Waals surface area contributed by atoms with Crippen LogP contribution in [-0.4, -0.2) is 87.1 Å². The number of aliphatic carboxylic acids is 1. The maximum atomic E-state index is 10.7. The summed E-state index contributed by atoms with van der Waals surface area (Å²) in [5.41, 5.74) is 0. The van der Waals surface area contributed by atoms with Crippen LogP contribution >= 0.6 is 0 Å². The highest BCUT2D eigenvalue weighted by Gasteiger charge is 2.16. The summed E-state index contributed by atoms with van der Waals surface area (Å²) in [5.74, 6) is -0.736. The van der Waals surface area contributed by atoms with Crippen LogP contribution in [0.1, 0.15) is 12.8 Å². The van der Waals surface area contributed by atoms with Gasteiger partial charge in [0.1, 0.15) is 0 Å². The van der Waals surface area contributed by atoms with E-state index in [-0.39, 0.29) is 6.54 Å². The molecule has 19 heavy (non-hydrogen) atoms. The van der Waals surface area contributed by atoms with E-state index in [0.717, 1.165) is 52.2 Å². The number of methoxy groups -OCH3 is 1. The SMILES string of the molecule is COCCOCCCN1CCCN(CC(=O)O)CC1. The molecule has 0 radical (unpaired) electrons. The largest absolute Gasteiger partial charge is 0.480 e. The summed E-state index contributed by atoms with van der Waals surface area (Å²) >= 11 is 0. The number of rotatable bonds is 9. The van der Waals surface area contributed by atoms with Crippen LogP contribution in [0, 0.1) is 0 Å². The van der Waals surface area contributed by atoms with E-state index in [1.165, 1.54) is 0 Å². The second-order valence-electron chi connectivity index (χ2n) is 4.82. The zero-order valence-corrected chi connectivity index (χ0v) is 11.8. The van der Waals surface area contributed by atoms with Crippen molar-refractivity contribution in [2.24, 2.45) is 0 Å². The lowest BCUT2D eigenvalue weighted by molar-refractivity contribution is -0.138. The molecule has 0 aromatic rings. The van der Waals surface area contributed by atoms with Crippen molar-refractivity contribution in [2.75, 3.05) is 66.2 Å². The van der Waals surface area contributed by atoms with E-state index in [2.05, 4.69) is 4.90 Å². The van der Waals surface area contributed by atoms with Crippen LogP contribution in [0.25, 0.3) is 0 Å². The van der Waals surface area contributed by atoms with Gasteiger partial charge in [0, 0.05) is 39.9 Å². The lowest BCUT2D eigenvalue weighted by Crippen LogP contribution is -2.34. The number of nitrogens with zero attached hydrogens (tertiary/aromatic N) is 2. The molecule has 1 aliphatic heterocycles. The van der Waals surface area contributed by atoms with Crippen molar-refractivity contribution in [1.82, 2.24) is 9.80 Å². The molecular formula is C13H26N2O4. The summed E-state index contributed by atoms with van der Waals surface area (Å²) in [6, 6.07) is 0. The predicted molar refractivity (Wildman–Crippen MR) is 72.4 cm³/mol. The molecular weight excluding hydrogens is 248 g/mol. The normalized spacial score (nSPS) is 18.4. The zero-order chi connectivity index (χ0) is 13.9. The molecule has 0 aromatic carbocycles. The van der Waals surface area contributed by atoms with Crippen LogP contribution in [0.15, 0.2) is 0 Å². The molecule has 0 spiro atoms. The van der Waals surface area contributed by atoms with Crippen LogP contribution in [0.4, 0.5) is 0 Å². The number of hydrogen-bond acceptors (Lipinski definition) is 5. The summed E-state index contributed by atoms with van der Waals surface area (Å²) in [6.45, 7) is 6.97. The summed E-state index contributed by atoms with van der Waals surface area (Å²) in [6.07, 6.45) is 2.06. The molecule has 0 aliphatic carbocycles. The quantitative estimate of drug-likeness (QED) is 0.603. The zero-order valence-electron chi connectivity index (χ0n) is 11.8. The number of hydrogen-bond donors (Lipinski definition) is 1. The van der Waals surface area contributed by atoms with Crippen molar-refractivity contribution < 1.29 is 19.4 Å². The van der Waals surface area contributed by atoms with E-state index in [0.29, 0.717) is 13.2 Å². The first-order chi connectivity index (χ1) is 9.22. The molecule has 1 N–H and O–H groups in total. The molecule has 0 atom stereocenters. The summed E-state index contributed by atoms with van der Waals surface area (Å²) in [5, 5.41) is 8.79. The van der Waals surface area contributed by atoms with Gasteiger partial charge in [-0.05, 0) is 19.4 Å². The monoisotopic (exact) mass is 274 g/mol. The highest BCUT2D eigenvalue weighted by Crippen LogP contribution is 2.03. The Morgan fingerprint density at radius 3 is 2.58 bits per heavy atom. The molecule has 112 valence electrons. The number of carbonyl (C=O) groups is 1. The molecule has 6 heteroatoms. The van der Waals surface area contributed by atoms with Crippen molar-refractivity contribution in [3.8, 4) is 0 Å². The van der Waals surface area contributed by atoms with Crippen LogP contribution in [0.2, 0.25) is 0 Å². The molecule has 1 rings (SSSR count). The molecule has 6 nitrogen and oxygen atoms in total. The number of carboxylic acid groups (broad SMARTS) is 1. The third-order valence-corrected chi connectivity index (χ3v) is 3.23. The molecule has 0 bridgehead atoms. The Hall–Kier alpha value is -0.690. The molecule has 1 fully saturated rings. The average molecular weight is 274 g/mol. The van der Waals surface area contributed by atoms with Gasteiger partial charge in [-0.25, -0.2) is 0 Å². The van der Waals surface area contributed by atoms with Crippen molar-refractivity contribution >= 4 is 5.97 Å². The van der Waals surface area contributed by atoms with E-state index in [1.54, 1.807) is 7.11 Å². The second-order valence-corrected chi connectivity index (χ2v) is 4.82. The van der Waals surface area contributed by atoms with Gasteiger partial charge in [0.15, 0.2) is 0 Å². The maximum absolute atomic E-state index is 10.7.